The predicted molar refractivity (Wildman–Crippen MR) is 196 cm³/mol. The summed E-state index contributed by atoms with van der Waals surface area (Å²) in [7, 11) is 0. The first-order valence-corrected chi connectivity index (χ1v) is 16.2. The van der Waals surface area contributed by atoms with Crippen LogP contribution in [0.5, 0.6) is 0 Å². The van der Waals surface area contributed by atoms with Crippen molar-refractivity contribution in [3.8, 4) is 17.2 Å². The summed E-state index contributed by atoms with van der Waals surface area (Å²) in [6, 6.07) is 45.1. The van der Waals surface area contributed by atoms with E-state index < -0.39 is 0 Å². The first kappa shape index (κ1) is 27.1. The molecule has 9 rings (SSSR count). The molecule has 0 saturated heterocycles. The maximum atomic E-state index is 5.34. The lowest BCUT2D eigenvalue weighted by Gasteiger charge is -2.26. The van der Waals surface area contributed by atoms with Crippen molar-refractivity contribution in [3.05, 3.63) is 144 Å². The lowest BCUT2D eigenvalue weighted by Crippen LogP contribution is -2.16. The summed E-state index contributed by atoms with van der Waals surface area (Å²) in [6.45, 7) is 6.91. The van der Waals surface area contributed by atoms with Gasteiger partial charge < -0.3 is 0 Å². The number of nitrogens with zero attached hydrogens (tertiary/aromatic N) is 3. The van der Waals surface area contributed by atoms with E-state index in [1.54, 1.807) is 0 Å². The van der Waals surface area contributed by atoms with Gasteiger partial charge in [0.15, 0.2) is 0 Å². The van der Waals surface area contributed by atoms with Gasteiger partial charge in [-0.1, -0.05) is 123 Å². The number of allylic oxidation sites excluding steroid dienone is 2. The van der Waals surface area contributed by atoms with Crippen molar-refractivity contribution in [3.63, 3.8) is 0 Å². The zero-order chi connectivity index (χ0) is 31.2. The van der Waals surface area contributed by atoms with E-state index in [1.165, 1.54) is 27.8 Å². The topological polar surface area (TPSA) is 30.7 Å². The molecule has 46 heavy (non-hydrogen) atoms. The van der Waals surface area contributed by atoms with Crippen molar-refractivity contribution in [2.45, 2.75) is 31.1 Å². The van der Waals surface area contributed by atoms with Crippen molar-refractivity contribution in [1.82, 2.24) is 14.5 Å². The lowest BCUT2D eigenvalue weighted by atomic mass is 9.78. The Kier molecular flexibility index (Phi) is 5.84. The van der Waals surface area contributed by atoms with Crippen LogP contribution in [0.25, 0.3) is 71.8 Å². The average molecular weight is 610 g/mol. The molecule has 2 heterocycles. The summed E-state index contributed by atoms with van der Waals surface area (Å²) in [6.07, 6.45) is 0. The highest BCUT2D eigenvalue weighted by molar-refractivity contribution is 7.80. The van der Waals surface area contributed by atoms with Gasteiger partial charge in [0.25, 0.3) is 0 Å². The smallest absolute Gasteiger partial charge is 0.235 e. The summed E-state index contributed by atoms with van der Waals surface area (Å²) in [5.41, 5.74) is 11.4. The normalized spacial score (nSPS) is 14.2. The number of hydrogen-bond donors (Lipinski definition) is 1. The van der Waals surface area contributed by atoms with Gasteiger partial charge in [0.05, 0.1) is 22.2 Å². The molecule has 1 aliphatic carbocycles. The molecule has 6 aromatic carbocycles. The minimum Gasteiger partial charge on any atom is -0.278 e. The van der Waals surface area contributed by atoms with Crippen molar-refractivity contribution in [2.24, 2.45) is 0 Å². The van der Waals surface area contributed by atoms with E-state index in [2.05, 4.69) is 147 Å². The van der Waals surface area contributed by atoms with Crippen LogP contribution in [-0.4, -0.2) is 14.5 Å². The van der Waals surface area contributed by atoms with Gasteiger partial charge in [0, 0.05) is 37.4 Å². The van der Waals surface area contributed by atoms with E-state index >= 15 is 0 Å². The van der Waals surface area contributed by atoms with Crippen LogP contribution >= 0.6 is 12.6 Å². The van der Waals surface area contributed by atoms with Crippen molar-refractivity contribution >= 4 is 67.3 Å². The Labute approximate surface area is 273 Å². The third-order valence-electron chi connectivity index (χ3n) is 9.91. The fourth-order valence-corrected chi connectivity index (χ4v) is 8.28. The SMILES string of the molecule is CC1=C(c2ccc3c(c2S)c2ccccc2n3-c2nc(-c3ccccc3)c3ccc4ccccc4c3n2)C(C)(C)c2ccccc21. The van der Waals surface area contributed by atoms with E-state index in [4.69, 9.17) is 22.6 Å². The maximum absolute atomic E-state index is 5.34. The standard InChI is InChI=1S/C42H31N3S/c1-25-28-16-9-11-19-33(28)42(2,3)37(25)31-23-24-35-36(40(31)46)30-18-10-12-20-34(30)45(35)41-43-38(27-14-5-4-6-15-27)32-22-21-26-13-7-8-17-29(26)39(32)44-41/h4-24,46H,1-3H3. The number of hydrogen-bond acceptors (Lipinski definition) is 3. The predicted octanol–water partition coefficient (Wildman–Crippen LogP) is 11.1. The van der Waals surface area contributed by atoms with Gasteiger partial charge in [-0.05, 0) is 58.3 Å². The molecule has 2 aromatic heterocycles. The molecule has 0 aliphatic heterocycles. The van der Waals surface area contributed by atoms with Gasteiger partial charge in [0.2, 0.25) is 5.95 Å². The third-order valence-corrected chi connectivity index (χ3v) is 10.4. The van der Waals surface area contributed by atoms with Crippen LogP contribution in [0.3, 0.4) is 0 Å². The highest BCUT2D eigenvalue weighted by atomic mass is 32.1. The minimum atomic E-state index is -0.142. The molecule has 0 amide bonds. The Hall–Kier alpha value is -5.19. The fourth-order valence-electron chi connectivity index (χ4n) is 7.86. The van der Waals surface area contributed by atoms with E-state index in [9.17, 15) is 0 Å². The first-order valence-electron chi connectivity index (χ1n) is 15.8. The van der Waals surface area contributed by atoms with Crippen LogP contribution in [0.15, 0.2) is 132 Å². The zero-order valence-electron chi connectivity index (χ0n) is 25.9. The molecule has 4 heteroatoms. The number of rotatable bonds is 3. The molecule has 0 unspecified atom stereocenters. The quantitative estimate of drug-likeness (QED) is 0.160. The monoisotopic (exact) mass is 609 g/mol. The maximum Gasteiger partial charge on any atom is 0.235 e. The van der Waals surface area contributed by atoms with Gasteiger partial charge in [-0.25, -0.2) is 9.97 Å². The third kappa shape index (κ3) is 3.74. The summed E-state index contributed by atoms with van der Waals surface area (Å²) in [5.74, 6) is 0.651. The van der Waals surface area contributed by atoms with Crippen LogP contribution in [0.2, 0.25) is 0 Å². The van der Waals surface area contributed by atoms with Gasteiger partial charge in [-0.2, -0.15) is 0 Å². The highest BCUT2D eigenvalue weighted by Gasteiger charge is 2.37. The van der Waals surface area contributed by atoms with Crippen LogP contribution in [0.4, 0.5) is 0 Å². The Morgan fingerprint density at radius 2 is 1.33 bits per heavy atom. The highest BCUT2D eigenvalue weighted by Crippen LogP contribution is 2.53. The Morgan fingerprint density at radius 3 is 2.15 bits per heavy atom. The zero-order valence-corrected chi connectivity index (χ0v) is 26.8. The minimum absolute atomic E-state index is 0.142. The molecule has 220 valence electrons. The second-order valence-electron chi connectivity index (χ2n) is 12.8. The van der Waals surface area contributed by atoms with Crippen molar-refractivity contribution in [2.75, 3.05) is 0 Å². The summed E-state index contributed by atoms with van der Waals surface area (Å²) >= 11 is 5.33. The van der Waals surface area contributed by atoms with Crippen LogP contribution < -0.4 is 0 Å². The van der Waals surface area contributed by atoms with Crippen molar-refractivity contribution < 1.29 is 0 Å². The van der Waals surface area contributed by atoms with Gasteiger partial charge in [0.1, 0.15) is 0 Å². The second kappa shape index (κ2) is 9.90. The molecule has 3 nitrogen and oxygen atoms in total. The number of aromatic nitrogens is 3. The molecule has 0 fully saturated rings. The van der Waals surface area contributed by atoms with Crippen LogP contribution in [0.1, 0.15) is 37.5 Å². The largest absolute Gasteiger partial charge is 0.278 e. The number of benzene rings is 6. The summed E-state index contributed by atoms with van der Waals surface area (Å²) < 4.78 is 2.22. The van der Waals surface area contributed by atoms with Crippen LogP contribution in [-0.2, 0) is 5.41 Å². The average Bonchev–Trinajstić information content (AvgIpc) is 3.53. The Morgan fingerprint density at radius 1 is 0.609 bits per heavy atom. The molecular formula is C42H31N3S. The Bertz CT molecular complexity index is 2570. The molecule has 0 N–H and O–H groups in total. The van der Waals surface area contributed by atoms with Gasteiger partial charge >= 0.3 is 0 Å². The van der Waals surface area contributed by atoms with E-state index in [0.29, 0.717) is 5.95 Å². The summed E-state index contributed by atoms with van der Waals surface area (Å²) in [5, 5.41) is 5.57. The molecule has 8 aromatic rings. The second-order valence-corrected chi connectivity index (χ2v) is 13.2. The van der Waals surface area contributed by atoms with Gasteiger partial charge in [-0.3, -0.25) is 4.57 Å². The lowest BCUT2D eigenvalue weighted by molar-refractivity contribution is 0.702. The number of para-hydroxylation sites is 1. The Balaban J connectivity index is 1.36. The van der Waals surface area contributed by atoms with E-state index in [1.807, 2.05) is 6.07 Å². The molecule has 0 bridgehead atoms. The molecular weight excluding hydrogens is 579 g/mol. The molecule has 0 atom stereocenters. The molecule has 0 radical (unpaired) electrons. The van der Waals surface area contributed by atoms with Crippen LogP contribution in [0, 0.1) is 0 Å². The number of fused-ring (bicyclic) bond motifs is 7. The summed E-state index contributed by atoms with van der Waals surface area (Å²) in [4.78, 5) is 11.7. The molecule has 0 spiro atoms. The first-order chi connectivity index (χ1) is 22.4. The number of thiol groups is 1. The van der Waals surface area contributed by atoms with Gasteiger partial charge in [-0.15, -0.1) is 12.6 Å². The fraction of sp³-hybridized carbons (Fsp3) is 0.0952. The van der Waals surface area contributed by atoms with Crippen molar-refractivity contribution in [1.29, 1.82) is 0 Å². The van der Waals surface area contributed by atoms with E-state index in [-0.39, 0.29) is 5.41 Å². The molecule has 1 aliphatic rings. The molecule has 0 saturated carbocycles. The van der Waals surface area contributed by atoms with E-state index in [0.717, 1.165) is 59.6 Å².